The van der Waals surface area contributed by atoms with Crippen molar-refractivity contribution in [3.63, 3.8) is 0 Å². The fourth-order valence-corrected chi connectivity index (χ4v) is 3.16. The number of aliphatic hydroxyl groups is 3. The van der Waals surface area contributed by atoms with Crippen molar-refractivity contribution in [2.45, 2.75) is 70.2 Å². The second-order valence-corrected chi connectivity index (χ2v) is 6.32. The van der Waals surface area contributed by atoms with Crippen LogP contribution in [0.4, 0.5) is 0 Å². The van der Waals surface area contributed by atoms with Gasteiger partial charge in [-0.05, 0) is 31.6 Å². The molecule has 0 bridgehead atoms. The first kappa shape index (κ1) is 19.9. The first-order valence-corrected chi connectivity index (χ1v) is 8.55. The van der Waals surface area contributed by atoms with Gasteiger partial charge in [0.25, 0.3) is 0 Å². The van der Waals surface area contributed by atoms with Crippen molar-refractivity contribution >= 4 is 5.97 Å². The summed E-state index contributed by atoms with van der Waals surface area (Å²) in [6, 6.07) is 0. The van der Waals surface area contributed by atoms with Gasteiger partial charge in [-0.15, -0.1) is 0 Å². The summed E-state index contributed by atoms with van der Waals surface area (Å²) in [6.07, 6.45) is 10.0. The summed E-state index contributed by atoms with van der Waals surface area (Å²) in [7, 11) is 0. The van der Waals surface area contributed by atoms with Gasteiger partial charge < -0.3 is 20.4 Å². The minimum Gasteiger partial charge on any atom is -0.481 e. The highest BCUT2D eigenvalue weighted by atomic mass is 16.4. The molecule has 0 spiro atoms. The molecule has 1 aliphatic carbocycles. The van der Waals surface area contributed by atoms with Crippen LogP contribution in [0.1, 0.15) is 51.9 Å². The van der Waals surface area contributed by atoms with Gasteiger partial charge in [0, 0.05) is 18.8 Å². The topological polar surface area (TPSA) is 98.0 Å². The molecule has 0 amide bonds. The van der Waals surface area contributed by atoms with Gasteiger partial charge in [0.1, 0.15) is 0 Å². The van der Waals surface area contributed by atoms with E-state index in [0.717, 1.165) is 19.3 Å². The smallest absolute Gasteiger partial charge is 0.303 e. The molecule has 0 aliphatic heterocycles. The highest BCUT2D eigenvalue weighted by Crippen LogP contribution is 2.35. The average molecular weight is 326 g/mol. The van der Waals surface area contributed by atoms with Gasteiger partial charge in [0.2, 0.25) is 0 Å². The Hall–Kier alpha value is -1.17. The van der Waals surface area contributed by atoms with Crippen LogP contribution in [-0.4, -0.2) is 44.7 Å². The molecule has 132 valence electrons. The van der Waals surface area contributed by atoms with Crippen LogP contribution in [-0.2, 0) is 4.79 Å². The molecular formula is C18H30O5. The predicted molar refractivity (Wildman–Crippen MR) is 88.9 cm³/mol. The fourth-order valence-electron chi connectivity index (χ4n) is 3.16. The molecule has 4 N–H and O–H groups in total. The third-order valence-electron chi connectivity index (χ3n) is 4.50. The van der Waals surface area contributed by atoms with Crippen LogP contribution < -0.4 is 0 Å². The normalized spacial score (nSPS) is 29.6. The van der Waals surface area contributed by atoms with Crippen LogP contribution >= 0.6 is 0 Å². The average Bonchev–Trinajstić information content (AvgIpc) is 2.76. The van der Waals surface area contributed by atoms with Crippen molar-refractivity contribution < 1.29 is 25.2 Å². The lowest BCUT2D eigenvalue weighted by molar-refractivity contribution is -0.137. The van der Waals surface area contributed by atoms with Gasteiger partial charge in [-0.3, -0.25) is 4.79 Å². The minimum atomic E-state index is -0.765. The van der Waals surface area contributed by atoms with E-state index in [-0.39, 0.29) is 18.3 Å². The van der Waals surface area contributed by atoms with Gasteiger partial charge >= 0.3 is 5.97 Å². The number of hydrogen-bond acceptors (Lipinski definition) is 4. The molecule has 0 radical (unpaired) electrons. The first-order chi connectivity index (χ1) is 11.0. The third kappa shape index (κ3) is 7.29. The van der Waals surface area contributed by atoms with Crippen LogP contribution in [0.5, 0.6) is 0 Å². The first-order valence-electron chi connectivity index (χ1n) is 8.55. The number of hydrogen-bond donors (Lipinski definition) is 4. The standard InChI is InChI=1S/C18H30O5/c1-2-14-15(17(21)12-16(14)20)11-10-13(19)8-6-4-3-5-7-9-18(22)23/h4,6,10-11,13-17,19-21H,2-3,5,7-9,12H2,1H3,(H,22,23)/b6-4-,11-10+/t13-,14+,15-,16-,17+/m0/s1. The Morgan fingerprint density at radius 2 is 1.96 bits per heavy atom. The molecule has 1 rings (SSSR count). The molecule has 5 nitrogen and oxygen atoms in total. The van der Waals surface area contributed by atoms with E-state index in [1.54, 1.807) is 6.08 Å². The summed E-state index contributed by atoms with van der Waals surface area (Å²) in [5.74, 6) is -0.804. The Labute approximate surface area is 138 Å². The lowest BCUT2D eigenvalue weighted by Crippen LogP contribution is -2.20. The molecule has 0 unspecified atom stereocenters. The number of aliphatic hydroxyl groups excluding tert-OH is 3. The molecule has 0 aromatic rings. The van der Waals surface area contributed by atoms with E-state index in [1.165, 1.54) is 0 Å². The number of carbonyl (C=O) groups is 1. The van der Waals surface area contributed by atoms with Crippen LogP contribution in [0.2, 0.25) is 0 Å². The van der Waals surface area contributed by atoms with Crippen molar-refractivity contribution in [2.75, 3.05) is 0 Å². The van der Waals surface area contributed by atoms with E-state index < -0.39 is 24.3 Å². The van der Waals surface area contributed by atoms with Gasteiger partial charge in [-0.1, -0.05) is 37.6 Å². The molecule has 0 saturated heterocycles. The van der Waals surface area contributed by atoms with Crippen LogP contribution in [0.25, 0.3) is 0 Å². The molecule has 1 aliphatic rings. The highest BCUT2D eigenvalue weighted by molar-refractivity contribution is 5.66. The van der Waals surface area contributed by atoms with E-state index in [2.05, 4.69) is 0 Å². The molecule has 1 saturated carbocycles. The Kier molecular flexibility index (Phi) is 9.14. The maximum Gasteiger partial charge on any atom is 0.303 e. The van der Waals surface area contributed by atoms with E-state index in [9.17, 15) is 20.1 Å². The second kappa shape index (κ2) is 10.6. The quantitative estimate of drug-likeness (QED) is 0.365. The molecule has 0 aromatic heterocycles. The number of carboxylic acids is 1. The number of allylic oxidation sites excluding steroid dienone is 1. The fraction of sp³-hybridized carbons (Fsp3) is 0.722. The molecule has 0 heterocycles. The number of aliphatic carboxylic acids is 1. The van der Waals surface area contributed by atoms with Crippen LogP contribution in [0, 0.1) is 11.8 Å². The van der Waals surface area contributed by atoms with Crippen molar-refractivity contribution in [3.8, 4) is 0 Å². The zero-order chi connectivity index (χ0) is 17.2. The van der Waals surface area contributed by atoms with E-state index in [1.807, 2.05) is 25.2 Å². The number of carboxylic acid groups (broad SMARTS) is 1. The Bertz CT molecular complexity index is 404. The Morgan fingerprint density at radius 1 is 1.22 bits per heavy atom. The van der Waals surface area contributed by atoms with Crippen molar-refractivity contribution in [3.05, 3.63) is 24.3 Å². The van der Waals surface area contributed by atoms with E-state index in [4.69, 9.17) is 5.11 Å². The summed E-state index contributed by atoms with van der Waals surface area (Å²) < 4.78 is 0. The number of rotatable bonds is 10. The SMILES string of the molecule is CC[C@@H]1[C@H](/C=C/[C@@H](O)C/C=C\CCCCC(=O)O)[C@H](O)C[C@@H]1O. The van der Waals surface area contributed by atoms with Gasteiger partial charge in [-0.2, -0.15) is 0 Å². The van der Waals surface area contributed by atoms with Crippen LogP contribution in [0.15, 0.2) is 24.3 Å². The molecule has 23 heavy (non-hydrogen) atoms. The van der Waals surface area contributed by atoms with Crippen LogP contribution in [0.3, 0.4) is 0 Å². The van der Waals surface area contributed by atoms with Crippen molar-refractivity contribution in [1.29, 1.82) is 0 Å². The molecule has 0 aromatic carbocycles. The molecular weight excluding hydrogens is 296 g/mol. The lowest BCUT2D eigenvalue weighted by Gasteiger charge is -2.19. The Morgan fingerprint density at radius 3 is 2.61 bits per heavy atom. The zero-order valence-corrected chi connectivity index (χ0v) is 13.8. The van der Waals surface area contributed by atoms with Gasteiger partial charge in [0.15, 0.2) is 0 Å². The lowest BCUT2D eigenvalue weighted by atomic mass is 9.90. The summed E-state index contributed by atoms with van der Waals surface area (Å²) in [5, 5.41) is 38.3. The van der Waals surface area contributed by atoms with Crippen molar-refractivity contribution in [2.24, 2.45) is 11.8 Å². The summed E-state index contributed by atoms with van der Waals surface area (Å²) >= 11 is 0. The molecule has 5 atom stereocenters. The van der Waals surface area contributed by atoms with Gasteiger partial charge in [0.05, 0.1) is 18.3 Å². The maximum absolute atomic E-state index is 10.4. The maximum atomic E-state index is 10.4. The second-order valence-electron chi connectivity index (χ2n) is 6.32. The van der Waals surface area contributed by atoms with E-state index in [0.29, 0.717) is 19.3 Å². The summed E-state index contributed by atoms with van der Waals surface area (Å²) in [4.78, 5) is 10.4. The summed E-state index contributed by atoms with van der Waals surface area (Å²) in [5.41, 5.74) is 0. The minimum absolute atomic E-state index is 0.0539. The zero-order valence-electron chi connectivity index (χ0n) is 13.8. The highest BCUT2D eigenvalue weighted by Gasteiger charge is 2.38. The van der Waals surface area contributed by atoms with Gasteiger partial charge in [-0.25, -0.2) is 0 Å². The molecule has 5 heteroatoms. The monoisotopic (exact) mass is 326 g/mol. The largest absolute Gasteiger partial charge is 0.481 e. The predicted octanol–water partition coefficient (Wildman–Crippen LogP) is 2.26. The summed E-state index contributed by atoms with van der Waals surface area (Å²) in [6.45, 7) is 2.00. The van der Waals surface area contributed by atoms with Crippen molar-refractivity contribution in [1.82, 2.24) is 0 Å². The third-order valence-corrected chi connectivity index (χ3v) is 4.50. The molecule has 1 fully saturated rings. The Balaban J connectivity index is 2.27. The number of unbranched alkanes of at least 4 members (excludes halogenated alkanes) is 2. The van der Waals surface area contributed by atoms with E-state index >= 15 is 0 Å².